The van der Waals surface area contributed by atoms with Crippen molar-refractivity contribution in [3.05, 3.63) is 53.1 Å². The second-order valence-corrected chi connectivity index (χ2v) is 4.46. The quantitative estimate of drug-likeness (QED) is 0.841. The number of nitriles is 1. The number of nitrogen functional groups attached to an aromatic ring is 1. The van der Waals surface area contributed by atoms with Crippen molar-refractivity contribution in [3.8, 4) is 17.6 Å². The summed E-state index contributed by atoms with van der Waals surface area (Å²) < 4.78 is 43.9. The summed E-state index contributed by atoms with van der Waals surface area (Å²) in [4.78, 5) is 0. The highest BCUT2D eigenvalue weighted by Crippen LogP contribution is 2.36. The van der Waals surface area contributed by atoms with E-state index in [4.69, 9.17) is 15.7 Å². The minimum atomic E-state index is -4.62. The largest absolute Gasteiger partial charge is 0.455 e. The van der Waals surface area contributed by atoms with Gasteiger partial charge in [-0.2, -0.15) is 18.4 Å². The van der Waals surface area contributed by atoms with Crippen molar-refractivity contribution in [2.75, 3.05) is 5.73 Å². The Kier molecular flexibility index (Phi) is 3.76. The molecule has 108 valence electrons. The molecule has 2 aromatic rings. The van der Waals surface area contributed by atoms with Crippen molar-refractivity contribution in [1.82, 2.24) is 0 Å². The standard InChI is InChI=1S/C15H11F3N2O/c1-9-2-5-14(13(20)6-9)21-11-4-3-10(8-19)12(7-11)15(16,17)18/h2-7H,20H2,1H3. The molecule has 6 heteroatoms. The van der Waals surface area contributed by atoms with Gasteiger partial charge in [-0.05, 0) is 42.8 Å². The van der Waals surface area contributed by atoms with Crippen molar-refractivity contribution in [2.24, 2.45) is 0 Å². The molecular weight excluding hydrogens is 281 g/mol. The van der Waals surface area contributed by atoms with E-state index in [0.717, 1.165) is 17.7 Å². The summed E-state index contributed by atoms with van der Waals surface area (Å²) in [5, 5.41) is 8.73. The summed E-state index contributed by atoms with van der Waals surface area (Å²) in [7, 11) is 0. The summed E-state index contributed by atoms with van der Waals surface area (Å²) in [6, 6.07) is 9.64. The van der Waals surface area contributed by atoms with E-state index in [9.17, 15) is 13.2 Å². The van der Waals surface area contributed by atoms with Crippen LogP contribution in [0.15, 0.2) is 36.4 Å². The maximum absolute atomic E-state index is 12.9. The fourth-order valence-electron chi connectivity index (χ4n) is 1.81. The van der Waals surface area contributed by atoms with E-state index < -0.39 is 17.3 Å². The Morgan fingerprint density at radius 2 is 1.86 bits per heavy atom. The molecule has 0 fully saturated rings. The molecule has 0 saturated carbocycles. The van der Waals surface area contributed by atoms with Crippen LogP contribution in [0.4, 0.5) is 18.9 Å². The molecule has 0 heterocycles. The molecule has 0 aliphatic rings. The smallest absolute Gasteiger partial charge is 0.417 e. The zero-order chi connectivity index (χ0) is 15.6. The van der Waals surface area contributed by atoms with Gasteiger partial charge in [0.15, 0.2) is 0 Å². The summed E-state index contributed by atoms with van der Waals surface area (Å²) in [6.07, 6.45) is -4.62. The van der Waals surface area contributed by atoms with Gasteiger partial charge < -0.3 is 10.5 Å². The van der Waals surface area contributed by atoms with E-state index in [0.29, 0.717) is 5.69 Å². The number of alkyl halides is 3. The number of halogens is 3. The maximum atomic E-state index is 12.9. The minimum Gasteiger partial charge on any atom is -0.455 e. The Hall–Kier alpha value is -2.68. The Morgan fingerprint density at radius 1 is 1.14 bits per heavy atom. The van der Waals surface area contributed by atoms with Crippen molar-refractivity contribution in [2.45, 2.75) is 13.1 Å². The predicted molar refractivity (Wildman–Crippen MR) is 71.8 cm³/mol. The Morgan fingerprint density at radius 3 is 2.43 bits per heavy atom. The third kappa shape index (κ3) is 3.26. The number of anilines is 1. The van der Waals surface area contributed by atoms with Crippen molar-refractivity contribution < 1.29 is 17.9 Å². The second-order valence-electron chi connectivity index (χ2n) is 4.46. The Bertz CT molecular complexity index is 718. The third-order valence-corrected chi connectivity index (χ3v) is 2.81. The molecule has 2 aromatic carbocycles. The highest BCUT2D eigenvalue weighted by atomic mass is 19.4. The van der Waals surface area contributed by atoms with E-state index in [1.54, 1.807) is 18.2 Å². The number of hydrogen-bond donors (Lipinski definition) is 1. The monoisotopic (exact) mass is 292 g/mol. The summed E-state index contributed by atoms with van der Waals surface area (Å²) in [5.74, 6) is 0.232. The molecule has 0 aliphatic heterocycles. The minimum absolute atomic E-state index is 0.0307. The van der Waals surface area contributed by atoms with Gasteiger partial charge in [0.05, 0.1) is 22.9 Å². The van der Waals surface area contributed by atoms with Gasteiger partial charge in [0.25, 0.3) is 0 Å². The van der Waals surface area contributed by atoms with Gasteiger partial charge >= 0.3 is 6.18 Å². The number of hydrogen-bond acceptors (Lipinski definition) is 3. The molecule has 0 saturated heterocycles. The van der Waals surface area contributed by atoms with Crippen LogP contribution in [0.2, 0.25) is 0 Å². The van der Waals surface area contributed by atoms with Gasteiger partial charge in [0.2, 0.25) is 0 Å². The van der Waals surface area contributed by atoms with Gasteiger partial charge in [0.1, 0.15) is 11.5 Å². The van der Waals surface area contributed by atoms with Crippen LogP contribution in [0.25, 0.3) is 0 Å². The SMILES string of the molecule is Cc1ccc(Oc2ccc(C#N)c(C(F)(F)F)c2)c(N)c1. The van der Waals surface area contributed by atoms with Crippen LogP contribution in [0.3, 0.4) is 0 Å². The highest BCUT2D eigenvalue weighted by Gasteiger charge is 2.34. The molecule has 3 nitrogen and oxygen atoms in total. The zero-order valence-electron chi connectivity index (χ0n) is 11.0. The number of benzene rings is 2. The average Bonchev–Trinajstić information content (AvgIpc) is 2.41. The number of rotatable bonds is 2. The number of ether oxygens (including phenoxy) is 1. The lowest BCUT2D eigenvalue weighted by Crippen LogP contribution is -2.08. The zero-order valence-corrected chi connectivity index (χ0v) is 11.0. The van der Waals surface area contributed by atoms with Crippen LogP contribution >= 0.6 is 0 Å². The lowest BCUT2D eigenvalue weighted by atomic mass is 10.1. The van der Waals surface area contributed by atoms with E-state index in [2.05, 4.69) is 0 Å². The van der Waals surface area contributed by atoms with Gasteiger partial charge in [-0.1, -0.05) is 6.07 Å². The Balaban J connectivity index is 2.40. The maximum Gasteiger partial charge on any atom is 0.417 e. The van der Waals surface area contributed by atoms with E-state index >= 15 is 0 Å². The summed E-state index contributed by atoms with van der Waals surface area (Å²) >= 11 is 0. The summed E-state index contributed by atoms with van der Waals surface area (Å²) in [5.41, 5.74) is 5.50. The van der Waals surface area contributed by atoms with Crippen molar-refractivity contribution >= 4 is 5.69 Å². The molecule has 0 aliphatic carbocycles. The van der Waals surface area contributed by atoms with Gasteiger partial charge in [-0.25, -0.2) is 0 Å². The van der Waals surface area contributed by atoms with Crippen LogP contribution < -0.4 is 10.5 Å². The van der Waals surface area contributed by atoms with Crippen LogP contribution in [-0.4, -0.2) is 0 Å². The van der Waals surface area contributed by atoms with Gasteiger partial charge in [-0.15, -0.1) is 0 Å². The normalized spacial score (nSPS) is 11.0. The molecule has 0 unspecified atom stereocenters. The first-order chi connectivity index (χ1) is 9.81. The highest BCUT2D eigenvalue weighted by molar-refractivity contribution is 5.56. The predicted octanol–water partition coefficient (Wildman–Crippen LogP) is 4.26. The van der Waals surface area contributed by atoms with Crippen LogP contribution in [0, 0.1) is 18.3 Å². The molecule has 0 atom stereocenters. The van der Waals surface area contributed by atoms with E-state index in [-0.39, 0.29) is 11.5 Å². The number of nitrogens with two attached hydrogens (primary N) is 1. The molecule has 0 aromatic heterocycles. The molecular formula is C15H11F3N2O. The molecule has 21 heavy (non-hydrogen) atoms. The summed E-state index contributed by atoms with van der Waals surface area (Å²) in [6.45, 7) is 1.84. The van der Waals surface area contributed by atoms with Gasteiger partial charge in [-0.3, -0.25) is 0 Å². The first-order valence-corrected chi connectivity index (χ1v) is 5.96. The van der Waals surface area contributed by atoms with Gasteiger partial charge in [0, 0.05) is 0 Å². The van der Waals surface area contributed by atoms with Crippen LogP contribution in [0.1, 0.15) is 16.7 Å². The van der Waals surface area contributed by atoms with Crippen LogP contribution in [0.5, 0.6) is 11.5 Å². The second kappa shape index (κ2) is 5.37. The third-order valence-electron chi connectivity index (χ3n) is 2.81. The lowest BCUT2D eigenvalue weighted by Gasteiger charge is -2.13. The molecule has 2 rings (SSSR count). The lowest BCUT2D eigenvalue weighted by molar-refractivity contribution is -0.137. The molecule has 2 N–H and O–H groups in total. The van der Waals surface area contributed by atoms with E-state index in [1.807, 2.05) is 6.92 Å². The fourth-order valence-corrected chi connectivity index (χ4v) is 1.81. The molecule has 0 radical (unpaired) electrons. The van der Waals surface area contributed by atoms with E-state index in [1.165, 1.54) is 12.1 Å². The first-order valence-electron chi connectivity index (χ1n) is 5.96. The molecule has 0 bridgehead atoms. The molecule has 0 amide bonds. The number of aryl methyl sites for hydroxylation is 1. The number of nitrogens with zero attached hydrogens (tertiary/aromatic N) is 1. The first kappa shape index (κ1) is 14.7. The van der Waals surface area contributed by atoms with Crippen molar-refractivity contribution in [3.63, 3.8) is 0 Å². The average molecular weight is 292 g/mol. The fraction of sp³-hybridized carbons (Fsp3) is 0.133. The molecule has 0 spiro atoms. The Labute approximate surface area is 119 Å². The van der Waals surface area contributed by atoms with Crippen LogP contribution in [-0.2, 0) is 6.18 Å². The van der Waals surface area contributed by atoms with Crippen molar-refractivity contribution in [1.29, 1.82) is 5.26 Å². The topological polar surface area (TPSA) is 59.0 Å².